The Balaban J connectivity index is 1.63. The molecular weight excluding hydrogens is 346 g/mol. The van der Waals surface area contributed by atoms with Gasteiger partial charge in [0.25, 0.3) is 5.91 Å². The highest BCUT2D eigenvalue weighted by Crippen LogP contribution is 2.23. The van der Waals surface area contributed by atoms with Crippen LogP contribution in [0.25, 0.3) is 0 Å². The van der Waals surface area contributed by atoms with Gasteiger partial charge in [0.1, 0.15) is 18.1 Å². The van der Waals surface area contributed by atoms with E-state index in [1.165, 1.54) is 11.3 Å². The largest absolute Gasteiger partial charge is 0.497 e. The molecule has 1 N–H and O–H groups in total. The average Bonchev–Trinajstić information content (AvgIpc) is 3.12. The molecule has 26 heavy (non-hydrogen) atoms. The third-order valence-corrected chi connectivity index (χ3v) is 4.94. The molecule has 0 aliphatic carbocycles. The molecule has 5 heteroatoms. The molecule has 0 spiro atoms. The lowest BCUT2D eigenvalue weighted by Crippen LogP contribution is -2.11. The lowest BCUT2D eigenvalue weighted by atomic mass is 10.1. The summed E-state index contributed by atoms with van der Waals surface area (Å²) >= 11 is 1.41. The number of hydrogen-bond acceptors (Lipinski definition) is 4. The summed E-state index contributed by atoms with van der Waals surface area (Å²) in [6.07, 6.45) is 0. The van der Waals surface area contributed by atoms with E-state index in [2.05, 4.69) is 5.32 Å². The van der Waals surface area contributed by atoms with Crippen molar-refractivity contribution in [1.82, 2.24) is 0 Å². The van der Waals surface area contributed by atoms with Gasteiger partial charge in [-0.1, -0.05) is 18.2 Å². The van der Waals surface area contributed by atoms with Crippen LogP contribution < -0.4 is 14.8 Å². The Morgan fingerprint density at radius 3 is 2.69 bits per heavy atom. The van der Waals surface area contributed by atoms with E-state index in [1.54, 1.807) is 7.11 Å². The molecule has 0 aliphatic heterocycles. The SMILES string of the molecule is COc1cccc(OCc2csc(C(=O)Nc3cc(C)ccc3C)c2)c1. The number of ether oxygens (including phenoxy) is 2. The standard InChI is InChI=1S/C21H21NO3S/c1-14-7-8-15(2)19(9-14)22-21(23)20-10-16(13-26-20)12-25-18-6-4-5-17(11-18)24-3/h4-11,13H,12H2,1-3H3,(H,22,23). The lowest BCUT2D eigenvalue weighted by Gasteiger charge is -2.08. The zero-order chi connectivity index (χ0) is 18.5. The molecule has 0 radical (unpaired) electrons. The molecule has 4 nitrogen and oxygen atoms in total. The first-order valence-electron chi connectivity index (χ1n) is 8.28. The maximum Gasteiger partial charge on any atom is 0.265 e. The summed E-state index contributed by atoms with van der Waals surface area (Å²) in [6, 6.07) is 15.3. The van der Waals surface area contributed by atoms with Gasteiger partial charge in [0.2, 0.25) is 0 Å². The summed E-state index contributed by atoms with van der Waals surface area (Å²) in [5, 5.41) is 4.93. The van der Waals surface area contributed by atoms with Gasteiger partial charge < -0.3 is 14.8 Å². The first-order chi connectivity index (χ1) is 12.5. The summed E-state index contributed by atoms with van der Waals surface area (Å²) in [5.74, 6) is 1.38. The smallest absolute Gasteiger partial charge is 0.265 e. The minimum atomic E-state index is -0.101. The number of nitrogens with one attached hydrogen (secondary N) is 1. The second kappa shape index (κ2) is 8.06. The number of rotatable bonds is 6. The summed E-state index contributed by atoms with van der Waals surface area (Å²) in [5.41, 5.74) is 3.97. The van der Waals surface area contributed by atoms with E-state index in [0.717, 1.165) is 33.9 Å². The molecule has 0 fully saturated rings. The van der Waals surface area contributed by atoms with Crippen molar-refractivity contribution in [3.05, 3.63) is 75.5 Å². The molecule has 0 saturated heterocycles. The predicted molar refractivity (Wildman–Crippen MR) is 106 cm³/mol. The Kier molecular flexibility index (Phi) is 5.58. The monoisotopic (exact) mass is 367 g/mol. The van der Waals surface area contributed by atoms with Gasteiger partial charge in [-0.2, -0.15) is 0 Å². The third-order valence-electron chi connectivity index (χ3n) is 3.97. The topological polar surface area (TPSA) is 47.6 Å². The Hall–Kier alpha value is -2.79. The predicted octanol–water partition coefficient (Wildman–Crippen LogP) is 5.20. The highest BCUT2D eigenvalue weighted by Gasteiger charge is 2.11. The van der Waals surface area contributed by atoms with Crippen LogP contribution in [0.3, 0.4) is 0 Å². The molecule has 2 aromatic carbocycles. The summed E-state index contributed by atoms with van der Waals surface area (Å²) in [4.78, 5) is 13.2. The number of methoxy groups -OCH3 is 1. The van der Waals surface area contributed by atoms with Gasteiger partial charge in [-0.15, -0.1) is 11.3 Å². The Bertz CT molecular complexity index is 917. The number of benzene rings is 2. The van der Waals surface area contributed by atoms with Gasteiger partial charge >= 0.3 is 0 Å². The van der Waals surface area contributed by atoms with Crippen molar-refractivity contribution in [1.29, 1.82) is 0 Å². The highest BCUT2D eigenvalue weighted by molar-refractivity contribution is 7.12. The quantitative estimate of drug-likeness (QED) is 0.651. The molecule has 0 bridgehead atoms. The molecule has 1 amide bonds. The van der Waals surface area contributed by atoms with Crippen LogP contribution >= 0.6 is 11.3 Å². The van der Waals surface area contributed by atoms with E-state index < -0.39 is 0 Å². The van der Waals surface area contributed by atoms with Crippen molar-refractivity contribution in [3.8, 4) is 11.5 Å². The van der Waals surface area contributed by atoms with E-state index in [4.69, 9.17) is 9.47 Å². The van der Waals surface area contributed by atoms with Crippen LogP contribution in [0, 0.1) is 13.8 Å². The molecule has 1 heterocycles. The van der Waals surface area contributed by atoms with Crippen molar-refractivity contribution < 1.29 is 14.3 Å². The van der Waals surface area contributed by atoms with Crippen molar-refractivity contribution in [2.24, 2.45) is 0 Å². The van der Waals surface area contributed by atoms with Gasteiger partial charge in [0.15, 0.2) is 0 Å². The summed E-state index contributed by atoms with van der Waals surface area (Å²) < 4.78 is 11.0. The zero-order valence-electron chi connectivity index (χ0n) is 15.0. The van der Waals surface area contributed by atoms with Crippen molar-refractivity contribution >= 4 is 22.9 Å². The number of hydrogen-bond donors (Lipinski definition) is 1. The number of carbonyl (C=O) groups is 1. The second-order valence-electron chi connectivity index (χ2n) is 6.06. The zero-order valence-corrected chi connectivity index (χ0v) is 15.9. The van der Waals surface area contributed by atoms with Crippen LogP contribution in [-0.4, -0.2) is 13.0 Å². The maximum absolute atomic E-state index is 12.5. The normalized spacial score (nSPS) is 10.4. The lowest BCUT2D eigenvalue weighted by molar-refractivity contribution is 0.103. The first kappa shape index (κ1) is 18.0. The molecule has 3 aromatic rings. The first-order valence-corrected chi connectivity index (χ1v) is 9.16. The Morgan fingerprint density at radius 1 is 1.08 bits per heavy atom. The molecular formula is C21H21NO3S. The minimum absolute atomic E-state index is 0.101. The van der Waals surface area contributed by atoms with E-state index in [0.29, 0.717) is 11.5 Å². The van der Waals surface area contributed by atoms with E-state index >= 15 is 0 Å². The third kappa shape index (κ3) is 4.43. The molecule has 0 unspecified atom stereocenters. The molecule has 1 aromatic heterocycles. The molecule has 3 rings (SSSR count). The molecule has 0 atom stereocenters. The molecule has 0 saturated carbocycles. The highest BCUT2D eigenvalue weighted by atomic mass is 32.1. The van der Waals surface area contributed by atoms with Crippen molar-refractivity contribution in [2.45, 2.75) is 20.5 Å². The van der Waals surface area contributed by atoms with E-state index in [-0.39, 0.29) is 5.91 Å². The van der Waals surface area contributed by atoms with Gasteiger partial charge in [-0.3, -0.25) is 4.79 Å². The minimum Gasteiger partial charge on any atom is -0.497 e. The Labute approximate surface area is 157 Å². The van der Waals surface area contributed by atoms with Crippen LogP contribution in [0.2, 0.25) is 0 Å². The Morgan fingerprint density at radius 2 is 1.88 bits per heavy atom. The van der Waals surface area contributed by atoms with Crippen LogP contribution in [0.5, 0.6) is 11.5 Å². The fourth-order valence-electron chi connectivity index (χ4n) is 2.48. The maximum atomic E-state index is 12.5. The second-order valence-corrected chi connectivity index (χ2v) is 6.97. The molecule has 0 aliphatic rings. The fourth-order valence-corrected chi connectivity index (χ4v) is 3.27. The average molecular weight is 367 g/mol. The van der Waals surface area contributed by atoms with Crippen LogP contribution in [-0.2, 0) is 6.61 Å². The van der Waals surface area contributed by atoms with Crippen LogP contribution in [0.1, 0.15) is 26.4 Å². The summed E-state index contributed by atoms with van der Waals surface area (Å²) in [7, 11) is 1.62. The van der Waals surface area contributed by atoms with Crippen molar-refractivity contribution in [3.63, 3.8) is 0 Å². The van der Waals surface area contributed by atoms with Gasteiger partial charge in [0, 0.05) is 17.3 Å². The fraction of sp³-hybridized carbons (Fsp3) is 0.190. The van der Waals surface area contributed by atoms with Gasteiger partial charge in [-0.05, 0) is 54.6 Å². The van der Waals surface area contributed by atoms with Crippen LogP contribution in [0.15, 0.2) is 53.9 Å². The number of thiophene rings is 1. The molecule has 134 valence electrons. The van der Waals surface area contributed by atoms with Crippen LogP contribution in [0.4, 0.5) is 5.69 Å². The van der Waals surface area contributed by atoms with E-state index in [9.17, 15) is 4.79 Å². The van der Waals surface area contributed by atoms with E-state index in [1.807, 2.05) is 67.8 Å². The van der Waals surface area contributed by atoms with Gasteiger partial charge in [0.05, 0.1) is 12.0 Å². The van der Waals surface area contributed by atoms with Crippen molar-refractivity contribution in [2.75, 3.05) is 12.4 Å². The summed E-state index contributed by atoms with van der Waals surface area (Å²) in [6.45, 7) is 4.39. The van der Waals surface area contributed by atoms with Gasteiger partial charge in [-0.25, -0.2) is 0 Å². The number of anilines is 1. The number of amides is 1. The number of carbonyl (C=O) groups excluding carboxylic acids is 1. The number of aryl methyl sites for hydroxylation is 2.